The smallest absolute Gasteiger partial charge is 0.175 e. The molecule has 22 heavy (non-hydrogen) atoms. The van der Waals surface area contributed by atoms with Crippen LogP contribution in [0, 0.1) is 5.82 Å². The van der Waals surface area contributed by atoms with E-state index < -0.39 is 9.84 Å². The van der Waals surface area contributed by atoms with Gasteiger partial charge in [0.05, 0.1) is 4.90 Å². The van der Waals surface area contributed by atoms with Crippen molar-refractivity contribution in [1.29, 1.82) is 0 Å². The maximum absolute atomic E-state index is 13.8. The van der Waals surface area contributed by atoms with Crippen LogP contribution in [0.3, 0.4) is 0 Å². The summed E-state index contributed by atoms with van der Waals surface area (Å²) in [4.78, 5) is 0.237. The second-order valence-corrected chi connectivity index (χ2v) is 7.80. The van der Waals surface area contributed by atoms with Crippen molar-refractivity contribution in [3.05, 3.63) is 58.4 Å². The van der Waals surface area contributed by atoms with Gasteiger partial charge >= 0.3 is 0 Å². The van der Waals surface area contributed by atoms with Crippen LogP contribution < -0.4 is 4.74 Å². The van der Waals surface area contributed by atoms with E-state index in [1.807, 2.05) is 0 Å². The van der Waals surface area contributed by atoms with Crippen LogP contribution >= 0.6 is 11.6 Å². The van der Waals surface area contributed by atoms with Crippen LogP contribution in [-0.2, 0) is 16.3 Å². The lowest BCUT2D eigenvalue weighted by Crippen LogP contribution is -2.04. The van der Waals surface area contributed by atoms with Gasteiger partial charge < -0.3 is 4.74 Å². The number of sulfone groups is 1. The van der Waals surface area contributed by atoms with E-state index in [1.165, 1.54) is 18.2 Å². The zero-order valence-electron chi connectivity index (χ0n) is 11.8. The Morgan fingerprint density at radius 1 is 1.23 bits per heavy atom. The molecular weight excluding hydrogens is 327 g/mol. The molecule has 0 heterocycles. The summed E-state index contributed by atoms with van der Waals surface area (Å²) in [5.74, 6) is 0.242. The van der Waals surface area contributed by atoms with E-state index in [-0.39, 0.29) is 16.8 Å². The normalized spacial score (nSPS) is 17.3. The van der Waals surface area contributed by atoms with E-state index in [0.717, 1.165) is 11.8 Å². The number of benzene rings is 2. The number of rotatable bonds is 3. The van der Waals surface area contributed by atoms with E-state index in [9.17, 15) is 12.8 Å². The van der Waals surface area contributed by atoms with Crippen LogP contribution in [0.25, 0.3) is 0 Å². The minimum Gasteiger partial charge on any atom is -0.486 e. The summed E-state index contributed by atoms with van der Waals surface area (Å²) >= 11 is 5.91. The summed E-state index contributed by atoms with van der Waals surface area (Å²) in [5, 5.41) is 0.346. The van der Waals surface area contributed by atoms with Gasteiger partial charge in [0, 0.05) is 11.3 Å². The van der Waals surface area contributed by atoms with Gasteiger partial charge in [0.1, 0.15) is 17.7 Å². The fraction of sp³-hybridized carbons (Fsp3) is 0.250. The fourth-order valence-corrected chi connectivity index (χ4v) is 3.50. The van der Waals surface area contributed by atoms with Crippen molar-refractivity contribution >= 4 is 21.4 Å². The van der Waals surface area contributed by atoms with Gasteiger partial charge in [-0.15, -0.1) is 0 Å². The van der Waals surface area contributed by atoms with Crippen molar-refractivity contribution in [2.45, 2.75) is 23.8 Å². The van der Waals surface area contributed by atoms with Crippen LogP contribution in [0.4, 0.5) is 4.39 Å². The molecule has 0 aromatic heterocycles. The third kappa shape index (κ3) is 2.96. The topological polar surface area (TPSA) is 43.4 Å². The predicted molar refractivity (Wildman–Crippen MR) is 82.7 cm³/mol. The minimum atomic E-state index is -3.23. The molecule has 2 aromatic carbocycles. The SMILES string of the molecule is CS(=O)(=O)c1ccc(O[C@H]2CCc3c(F)cc(Cl)cc32)cc1. The largest absolute Gasteiger partial charge is 0.486 e. The zero-order chi connectivity index (χ0) is 15.9. The van der Waals surface area contributed by atoms with Gasteiger partial charge in [0.25, 0.3) is 0 Å². The van der Waals surface area contributed by atoms with Gasteiger partial charge in [-0.25, -0.2) is 12.8 Å². The summed E-state index contributed by atoms with van der Waals surface area (Å²) in [6.45, 7) is 0. The standard InChI is InChI=1S/C16H14ClFO3S/c1-22(19,20)12-4-2-11(3-5-12)21-16-7-6-13-14(16)8-10(17)9-15(13)18/h2-5,8-9,16H,6-7H2,1H3/t16-/m0/s1. The first kappa shape index (κ1) is 15.3. The molecule has 0 saturated heterocycles. The monoisotopic (exact) mass is 340 g/mol. The van der Waals surface area contributed by atoms with Crippen molar-refractivity contribution in [2.24, 2.45) is 0 Å². The molecule has 0 unspecified atom stereocenters. The highest BCUT2D eigenvalue weighted by molar-refractivity contribution is 7.90. The zero-order valence-corrected chi connectivity index (χ0v) is 13.4. The fourth-order valence-electron chi connectivity index (χ4n) is 2.66. The first-order valence-corrected chi connectivity index (χ1v) is 9.06. The van der Waals surface area contributed by atoms with Crippen molar-refractivity contribution in [2.75, 3.05) is 6.26 Å². The molecule has 1 atom stereocenters. The Morgan fingerprint density at radius 3 is 2.55 bits per heavy atom. The van der Waals surface area contributed by atoms with Gasteiger partial charge in [0.15, 0.2) is 9.84 Å². The Hall–Kier alpha value is -1.59. The minimum absolute atomic E-state index is 0.237. The van der Waals surface area contributed by atoms with Crippen molar-refractivity contribution in [1.82, 2.24) is 0 Å². The summed E-state index contributed by atoms with van der Waals surface area (Å²) in [6, 6.07) is 9.24. The Morgan fingerprint density at radius 2 is 1.91 bits per heavy atom. The molecule has 116 valence electrons. The maximum Gasteiger partial charge on any atom is 0.175 e. The summed E-state index contributed by atoms with van der Waals surface area (Å²) in [7, 11) is -3.23. The molecule has 0 N–H and O–H groups in total. The molecule has 0 spiro atoms. The molecule has 2 aromatic rings. The first-order valence-electron chi connectivity index (χ1n) is 6.79. The number of ether oxygens (including phenoxy) is 1. The lowest BCUT2D eigenvalue weighted by atomic mass is 10.1. The van der Waals surface area contributed by atoms with Crippen LogP contribution in [0.1, 0.15) is 23.7 Å². The van der Waals surface area contributed by atoms with Gasteiger partial charge in [-0.1, -0.05) is 11.6 Å². The van der Waals surface area contributed by atoms with Crippen molar-refractivity contribution < 1.29 is 17.5 Å². The van der Waals surface area contributed by atoms with E-state index in [2.05, 4.69) is 0 Å². The molecule has 0 radical (unpaired) electrons. The quantitative estimate of drug-likeness (QED) is 0.849. The maximum atomic E-state index is 13.8. The molecule has 0 amide bonds. The lowest BCUT2D eigenvalue weighted by molar-refractivity contribution is 0.207. The second kappa shape index (κ2) is 5.56. The Balaban J connectivity index is 1.85. The van der Waals surface area contributed by atoms with Crippen molar-refractivity contribution in [3.8, 4) is 5.75 Å². The lowest BCUT2D eigenvalue weighted by Gasteiger charge is -2.15. The Kier molecular flexibility index (Phi) is 3.87. The van der Waals surface area contributed by atoms with E-state index in [1.54, 1.807) is 18.2 Å². The van der Waals surface area contributed by atoms with E-state index in [0.29, 0.717) is 29.2 Å². The highest BCUT2D eigenvalue weighted by Crippen LogP contribution is 2.38. The highest BCUT2D eigenvalue weighted by atomic mass is 35.5. The number of fused-ring (bicyclic) bond motifs is 1. The molecule has 3 rings (SSSR count). The summed E-state index contributed by atoms with van der Waals surface area (Å²) in [5.41, 5.74) is 1.40. The van der Waals surface area contributed by atoms with Gasteiger partial charge in [0.2, 0.25) is 0 Å². The molecule has 3 nitrogen and oxygen atoms in total. The number of hydrogen-bond donors (Lipinski definition) is 0. The molecule has 1 aliphatic carbocycles. The van der Waals surface area contributed by atoms with Crippen LogP contribution in [-0.4, -0.2) is 14.7 Å². The number of halogens is 2. The van der Waals surface area contributed by atoms with E-state index in [4.69, 9.17) is 16.3 Å². The van der Waals surface area contributed by atoms with Gasteiger partial charge in [-0.3, -0.25) is 0 Å². The predicted octanol–water partition coefficient (Wildman–Crippen LogP) is 3.95. The van der Waals surface area contributed by atoms with Crippen molar-refractivity contribution in [3.63, 3.8) is 0 Å². The molecule has 0 fully saturated rings. The first-order chi connectivity index (χ1) is 10.3. The number of hydrogen-bond acceptors (Lipinski definition) is 3. The average Bonchev–Trinajstić information content (AvgIpc) is 2.82. The van der Waals surface area contributed by atoms with Crippen LogP contribution in [0.15, 0.2) is 41.3 Å². The molecule has 1 aliphatic rings. The third-order valence-corrected chi connectivity index (χ3v) is 5.08. The second-order valence-electron chi connectivity index (χ2n) is 5.34. The summed E-state index contributed by atoms with van der Waals surface area (Å²) < 4.78 is 42.6. The van der Waals surface area contributed by atoms with Gasteiger partial charge in [-0.2, -0.15) is 0 Å². The average molecular weight is 341 g/mol. The Labute approximate surface area is 133 Å². The molecular formula is C16H14ClFO3S. The summed E-state index contributed by atoms with van der Waals surface area (Å²) in [6.07, 6.45) is 2.15. The molecule has 0 saturated carbocycles. The van der Waals surface area contributed by atoms with Crippen LogP contribution in [0.2, 0.25) is 5.02 Å². The molecule has 6 heteroatoms. The molecule has 0 bridgehead atoms. The molecule has 0 aliphatic heterocycles. The van der Waals surface area contributed by atoms with E-state index >= 15 is 0 Å². The third-order valence-electron chi connectivity index (χ3n) is 3.73. The highest BCUT2D eigenvalue weighted by Gasteiger charge is 2.27. The van der Waals surface area contributed by atoms with Crippen LogP contribution in [0.5, 0.6) is 5.75 Å². The Bertz CT molecular complexity index is 816. The van der Waals surface area contributed by atoms with Gasteiger partial charge in [-0.05, 0) is 60.4 Å².